The SMILES string of the molecule is CCNC(=O)[C@@H](CC)N(Cc1ccc(OC)cc1)C(=O)CN(c1ccc(Cl)c(C(F)(F)F)c1)S(=O)(=O)c1ccc(C)cc1. The highest BCUT2D eigenvalue weighted by Crippen LogP contribution is 2.38. The van der Waals surface area contributed by atoms with Crippen LogP contribution in [-0.2, 0) is 32.3 Å². The van der Waals surface area contributed by atoms with E-state index >= 15 is 0 Å². The van der Waals surface area contributed by atoms with Crippen molar-refractivity contribution in [3.63, 3.8) is 0 Å². The van der Waals surface area contributed by atoms with E-state index in [0.29, 0.717) is 28.2 Å². The molecule has 3 rings (SSSR count). The van der Waals surface area contributed by atoms with Crippen LogP contribution in [0.3, 0.4) is 0 Å². The molecular weight excluding hydrogens is 607 g/mol. The molecule has 0 spiro atoms. The molecule has 3 aromatic rings. The lowest BCUT2D eigenvalue weighted by molar-refractivity contribution is -0.140. The first kappa shape index (κ1) is 33.7. The van der Waals surface area contributed by atoms with Crippen molar-refractivity contribution in [3.05, 3.63) is 88.4 Å². The van der Waals surface area contributed by atoms with Crippen molar-refractivity contribution >= 4 is 39.1 Å². The molecule has 0 heterocycles. The molecule has 0 aliphatic rings. The summed E-state index contributed by atoms with van der Waals surface area (Å²) >= 11 is 5.81. The summed E-state index contributed by atoms with van der Waals surface area (Å²) in [5.41, 5.74) is -0.297. The number of carbonyl (C=O) groups is 2. The quantitative estimate of drug-likeness (QED) is 0.270. The van der Waals surface area contributed by atoms with E-state index in [9.17, 15) is 31.2 Å². The highest BCUT2D eigenvalue weighted by Gasteiger charge is 2.37. The fourth-order valence-corrected chi connectivity index (χ4v) is 6.02. The van der Waals surface area contributed by atoms with E-state index in [1.807, 2.05) is 0 Å². The van der Waals surface area contributed by atoms with Gasteiger partial charge in [0.15, 0.2) is 0 Å². The minimum absolute atomic E-state index is 0.0781. The maximum absolute atomic E-state index is 14.0. The van der Waals surface area contributed by atoms with Crippen LogP contribution < -0.4 is 14.4 Å². The maximum Gasteiger partial charge on any atom is 0.417 e. The summed E-state index contributed by atoms with van der Waals surface area (Å²) in [4.78, 5) is 28.0. The van der Waals surface area contributed by atoms with Crippen LogP contribution in [0.25, 0.3) is 0 Å². The Labute approximate surface area is 254 Å². The Morgan fingerprint density at radius 2 is 1.63 bits per heavy atom. The van der Waals surface area contributed by atoms with Crippen molar-refractivity contribution in [1.29, 1.82) is 0 Å². The number of hydrogen-bond donors (Lipinski definition) is 1. The molecule has 3 aromatic carbocycles. The summed E-state index contributed by atoms with van der Waals surface area (Å²) in [5, 5.41) is 2.06. The number of aryl methyl sites for hydroxylation is 1. The monoisotopic (exact) mass is 639 g/mol. The van der Waals surface area contributed by atoms with Crippen molar-refractivity contribution < 1.29 is 35.9 Å². The number of sulfonamides is 1. The molecule has 8 nitrogen and oxygen atoms in total. The number of amides is 2. The Balaban J connectivity index is 2.14. The molecule has 0 fully saturated rings. The Morgan fingerprint density at radius 3 is 2.16 bits per heavy atom. The number of benzene rings is 3. The van der Waals surface area contributed by atoms with Crippen LogP contribution in [0.15, 0.2) is 71.6 Å². The van der Waals surface area contributed by atoms with E-state index in [-0.39, 0.29) is 17.9 Å². The average molecular weight is 640 g/mol. The van der Waals surface area contributed by atoms with Gasteiger partial charge in [-0.15, -0.1) is 0 Å². The van der Waals surface area contributed by atoms with E-state index in [1.165, 1.54) is 36.3 Å². The molecule has 0 aliphatic heterocycles. The second-order valence-electron chi connectivity index (χ2n) is 9.67. The molecular formula is C30H33ClF3N3O5S. The number of nitrogens with zero attached hydrogens (tertiary/aromatic N) is 2. The van der Waals surface area contributed by atoms with Crippen LogP contribution in [0.1, 0.15) is 37.0 Å². The molecule has 0 bridgehead atoms. The van der Waals surface area contributed by atoms with E-state index in [0.717, 1.165) is 17.7 Å². The first-order valence-electron chi connectivity index (χ1n) is 13.4. The maximum atomic E-state index is 14.0. The van der Waals surface area contributed by atoms with E-state index in [1.54, 1.807) is 45.0 Å². The minimum atomic E-state index is -4.89. The summed E-state index contributed by atoms with van der Waals surface area (Å²) in [6.07, 6.45) is -4.69. The first-order valence-corrected chi connectivity index (χ1v) is 15.2. The number of rotatable bonds is 12. The van der Waals surface area contributed by atoms with Gasteiger partial charge in [0, 0.05) is 13.1 Å². The molecule has 2 amide bonds. The zero-order valence-corrected chi connectivity index (χ0v) is 25.7. The second kappa shape index (κ2) is 14.1. The molecule has 0 saturated heterocycles. The topological polar surface area (TPSA) is 96.0 Å². The number of hydrogen-bond acceptors (Lipinski definition) is 5. The second-order valence-corrected chi connectivity index (χ2v) is 11.9. The van der Waals surface area contributed by atoms with Gasteiger partial charge in [0.25, 0.3) is 10.0 Å². The van der Waals surface area contributed by atoms with Crippen molar-refractivity contribution in [2.24, 2.45) is 0 Å². The Morgan fingerprint density at radius 1 is 1.00 bits per heavy atom. The lowest BCUT2D eigenvalue weighted by atomic mass is 10.1. The molecule has 13 heteroatoms. The number of methoxy groups -OCH3 is 1. The highest BCUT2D eigenvalue weighted by molar-refractivity contribution is 7.92. The summed E-state index contributed by atoms with van der Waals surface area (Å²) in [6, 6.07) is 14.1. The van der Waals surface area contributed by atoms with Crippen LogP contribution in [0, 0.1) is 6.92 Å². The lowest BCUT2D eigenvalue weighted by Gasteiger charge is -2.33. The third-order valence-corrected chi connectivity index (χ3v) is 8.80. The van der Waals surface area contributed by atoms with Crippen molar-refractivity contribution in [2.45, 2.75) is 50.9 Å². The molecule has 0 unspecified atom stereocenters. The van der Waals surface area contributed by atoms with Gasteiger partial charge in [-0.2, -0.15) is 13.2 Å². The molecule has 1 N–H and O–H groups in total. The summed E-state index contributed by atoms with van der Waals surface area (Å²) < 4.78 is 74.9. The van der Waals surface area contributed by atoms with Crippen LogP contribution in [0.4, 0.5) is 18.9 Å². The van der Waals surface area contributed by atoms with Crippen LogP contribution in [0.2, 0.25) is 5.02 Å². The number of nitrogens with one attached hydrogen (secondary N) is 1. The van der Waals surface area contributed by atoms with Crippen LogP contribution in [0.5, 0.6) is 5.75 Å². The normalized spacial score (nSPS) is 12.4. The number of alkyl halides is 3. The molecule has 1 atom stereocenters. The van der Waals surface area contributed by atoms with Gasteiger partial charge < -0.3 is 15.0 Å². The summed E-state index contributed by atoms with van der Waals surface area (Å²) in [7, 11) is -3.06. The number of carbonyl (C=O) groups excluding carboxylic acids is 2. The van der Waals surface area contributed by atoms with E-state index < -0.39 is 56.9 Å². The van der Waals surface area contributed by atoms with E-state index in [4.69, 9.17) is 16.3 Å². The first-order chi connectivity index (χ1) is 20.2. The fourth-order valence-electron chi connectivity index (χ4n) is 4.39. The lowest BCUT2D eigenvalue weighted by Crippen LogP contribution is -2.52. The molecule has 232 valence electrons. The number of anilines is 1. The molecule has 0 radical (unpaired) electrons. The average Bonchev–Trinajstić information content (AvgIpc) is 2.96. The number of halogens is 4. The van der Waals surface area contributed by atoms with Crippen molar-refractivity contribution in [3.8, 4) is 5.75 Å². The fraction of sp³-hybridized carbons (Fsp3) is 0.333. The minimum Gasteiger partial charge on any atom is -0.497 e. The zero-order chi connectivity index (χ0) is 31.9. The van der Waals surface area contributed by atoms with Gasteiger partial charge >= 0.3 is 6.18 Å². The highest BCUT2D eigenvalue weighted by atomic mass is 35.5. The standard InChI is InChI=1S/C30H33ClF3N3O5S/c1-5-27(29(39)35-6-2)36(18-21-9-12-23(42-4)13-10-21)28(38)19-37(43(40,41)24-14-7-20(3)8-15-24)22-11-16-26(31)25(17-22)30(32,33)34/h7-17,27H,5-6,18-19H2,1-4H3,(H,35,39)/t27-/m1/s1. The Kier molecular flexibility index (Phi) is 11.1. The van der Waals surface area contributed by atoms with Crippen molar-refractivity contribution in [2.75, 3.05) is 24.5 Å². The third-order valence-electron chi connectivity index (χ3n) is 6.68. The van der Waals surface area contributed by atoms with Crippen LogP contribution >= 0.6 is 11.6 Å². The van der Waals surface area contributed by atoms with Gasteiger partial charge in [0.2, 0.25) is 11.8 Å². The van der Waals surface area contributed by atoms with Gasteiger partial charge in [-0.3, -0.25) is 13.9 Å². The number of likely N-dealkylation sites (N-methyl/N-ethyl adjacent to an activating group) is 1. The molecule has 43 heavy (non-hydrogen) atoms. The molecule has 0 aliphatic carbocycles. The largest absolute Gasteiger partial charge is 0.497 e. The predicted molar refractivity (Wildman–Crippen MR) is 158 cm³/mol. The summed E-state index contributed by atoms with van der Waals surface area (Å²) in [6.45, 7) is 4.49. The van der Waals surface area contributed by atoms with E-state index in [2.05, 4.69) is 5.32 Å². The van der Waals surface area contributed by atoms with Gasteiger partial charge in [0.05, 0.1) is 28.3 Å². The third kappa shape index (κ3) is 8.20. The van der Waals surface area contributed by atoms with Crippen LogP contribution in [-0.4, -0.2) is 51.4 Å². The van der Waals surface area contributed by atoms with Gasteiger partial charge in [-0.25, -0.2) is 8.42 Å². The zero-order valence-electron chi connectivity index (χ0n) is 24.1. The van der Waals surface area contributed by atoms with Gasteiger partial charge in [0.1, 0.15) is 18.3 Å². The van der Waals surface area contributed by atoms with Gasteiger partial charge in [-0.1, -0.05) is 48.4 Å². The Hall–Kier alpha value is -3.77. The van der Waals surface area contributed by atoms with Gasteiger partial charge in [-0.05, 0) is 68.3 Å². The predicted octanol–water partition coefficient (Wildman–Crippen LogP) is 5.81. The molecule has 0 saturated carbocycles. The summed E-state index contributed by atoms with van der Waals surface area (Å²) in [5.74, 6) is -0.685. The smallest absolute Gasteiger partial charge is 0.417 e. The van der Waals surface area contributed by atoms with Crippen molar-refractivity contribution in [1.82, 2.24) is 10.2 Å². The molecule has 0 aromatic heterocycles. The Bertz CT molecular complexity index is 1530. The number of ether oxygens (including phenoxy) is 1.